The van der Waals surface area contributed by atoms with Crippen molar-refractivity contribution in [2.45, 2.75) is 45.3 Å². The number of rotatable bonds is 4. The molecule has 1 aliphatic rings. The fraction of sp³-hybridized carbons (Fsp3) is 0.350. The quantitative estimate of drug-likeness (QED) is 0.631. The van der Waals surface area contributed by atoms with E-state index in [-0.39, 0.29) is 5.82 Å². The van der Waals surface area contributed by atoms with Crippen LogP contribution in [0, 0.1) is 5.82 Å². The molecular weight excluding hydrogens is 318 g/mol. The normalized spacial score (nSPS) is 18.4. The second-order valence-electron chi connectivity index (χ2n) is 7.52. The van der Waals surface area contributed by atoms with E-state index in [0.717, 1.165) is 22.9 Å². The number of aldehydes is 1. The molecule has 1 heterocycles. The monoisotopic (exact) mass is 340 g/mol. The number of carbonyl (C=O) groups is 1. The molecule has 1 fully saturated rings. The third-order valence-electron chi connectivity index (χ3n) is 5.02. The highest BCUT2D eigenvalue weighted by Crippen LogP contribution is 2.36. The summed E-state index contributed by atoms with van der Waals surface area (Å²) < 4.78 is 25.2. The van der Waals surface area contributed by atoms with Crippen LogP contribution in [-0.4, -0.2) is 24.6 Å². The molecule has 0 saturated carbocycles. The first-order valence-electron chi connectivity index (χ1n) is 8.39. The van der Waals surface area contributed by atoms with Gasteiger partial charge in [-0.15, -0.1) is 0 Å². The van der Waals surface area contributed by atoms with Gasteiger partial charge in [0.05, 0.1) is 11.2 Å². The maximum Gasteiger partial charge on any atom is 0.494 e. The van der Waals surface area contributed by atoms with Gasteiger partial charge in [-0.05, 0) is 68.9 Å². The molecule has 2 aromatic carbocycles. The summed E-state index contributed by atoms with van der Waals surface area (Å²) in [6, 6.07) is 12.0. The second kappa shape index (κ2) is 6.39. The largest absolute Gasteiger partial charge is 0.494 e. The Hall–Kier alpha value is -1.98. The summed E-state index contributed by atoms with van der Waals surface area (Å²) in [5.74, 6) is -0.261. The van der Waals surface area contributed by atoms with E-state index in [4.69, 9.17) is 9.31 Å². The van der Waals surface area contributed by atoms with Crippen LogP contribution in [-0.2, 0) is 15.7 Å². The zero-order valence-corrected chi connectivity index (χ0v) is 15.0. The second-order valence-corrected chi connectivity index (χ2v) is 7.52. The molecule has 0 amide bonds. The van der Waals surface area contributed by atoms with Crippen molar-refractivity contribution in [3.63, 3.8) is 0 Å². The smallest absolute Gasteiger partial charge is 0.399 e. The molecule has 0 unspecified atom stereocenters. The first-order chi connectivity index (χ1) is 11.7. The molecule has 0 radical (unpaired) electrons. The van der Waals surface area contributed by atoms with Crippen LogP contribution in [0.3, 0.4) is 0 Å². The third-order valence-corrected chi connectivity index (χ3v) is 5.02. The van der Waals surface area contributed by atoms with Crippen molar-refractivity contribution in [1.82, 2.24) is 0 Å². The minimum Gasteiger partial charge on any atom is -0.399 e. The molecule has 1 saturated heterocycles. The van der Waals surface area contributed by atoms with E-state index in [1.54, 1.807) is 18.2 Å². The van der Waals surface area contributed by atoms with E-state index in [9.17, 15) is 9.18 Å². The van der Waals surface area contributed by atoms with Crippen molar-refractivity contribution < 1.29 is 18.5 Å². The van der Waals surface area contributed by atoms with Gasteiger partial charge in [0.25, 0.3) is 0 Å². The van der Waals surface area contributed by atoms with Crippen molar-refractivity contribution in [3.05, 3.63) is 65.0 Å². The highest BCUT2D eigenvalue weighted by Gasteiger charge is 2.51. The molecule has 1 aliphatic heterocycles. The lowest BCUT2D eigenvalue weighted by Crippen LogP contribution is -2.41. The van der Waals surface area contributed by atoms with E-state index >= 15 is 0 Å². The molecule has 0 bridgehead atoms. The van der Waals surface area contributed by atoms with Crippen LogP contribution in [0.2, 0.25) is 0 Å². The van der Waals surface area contributed by atoms with Crippen LogP contribution in [0.25, 0.3) is 0 Å². The van der Waals surface area contributed by atoms with Crippen LogP contribution in [0.5, 0.6) is 0 Å². The van der Waals surface area contributed by atoms with Gasteiger partial charge in [0.1, 0.15) is 12.1 Å². The van der Waals surface area contributed by atoms with Gasteiger partial charge in [-0.2, -0.15) is 0 Å². The van der Waals surface area contributed by atoms with Crippen molar-refractivity contribution in [3.8, 4) is 0 Å². The van der Waals surface area contributed by atoms with Crippen molar-refractivity contribution in [2.75, 3.05) is 0 Å². The summed E-state index contributed by atoms with van der Waals surface area (Å²) in [4.78, 5) is 11.3. The van der Waals surface area contributed by atoms with Crippen LogP contribution in [0.1, 0.15) is 49.2 Å². The molecule has 130 valence electrons. The lowest BCUT2D eigenvalue weighted by molar-refractivity contribution is 0.00578. The highest BCUT2D eigenvalue weighted by atomic mass is 19.1. The maximum absolute atomic E-state index is 13.1. The summed E-state index contributed by atoms with van der Waals surface area (Å²) in [5, 5.41) is 0. The molecule has 2 aromatic rings. The molecule has 0 atom stereocenters. The van der Waals surface area contributed by atoms with Gasteiger partial charge >= 0.3 is 7.12 Å². The van der Waals surface area contributed by atoms with Gasteiger partial charge in [0.15, 0.2) is 0 Å². The third kappa shape index (κ3) is 3.67. The predicted molar refractivity (Wildman–Crippen MR) is 96.8 cm³/mol. The van der Waals surface area contributed by atoms with E-state index in [2.05, 4.69) is 0 Å². The van der Waals surface area contributed by atoms with Crippen molar-refractivity contribution >= 4 is 18.9 Å². The lowest BCUT2D eigenvalue weighted by Gasteiger charge is -2.32. The predicted octanol–water partition coefficient (Wildman–Crippen LogP) is 3.53. The highest BCUT2D eigenvalue weighted by molar-refractivity contribution is 6.62. The number of hydrogen-bond donors (Lipinski definition) is 0. The number of hydrogen-bond acceptors (Lipinski definition) is 3. The summed E-state index contributed by atoms with van der Waals surface area (Å²) >= 11 is 0. The lowest BCUT2D eigenvalue weighted by atomic mass is 9.77. The van der Waals surface area contributed by atoms with Gasteiger partial charge in [-0.1, -0.05) is 24.3 Å². The Balaban J connectivity index is 1.91. The average Bonchev–Trinajstić information content (AvgIpc) is 2.77. The summed E-state index contributed by atoms with van der Waals surface area (Å²) in [6.07, 6.45) is 1.43. The van der Waals surface area contributed by atoms with Gasteiger partial charge in [-0.25, -0.2) is 4.39 Å². The Labute approximate surface area is 148 Å². The summed E-state index contributed by atoms with van der Waals surface area (Å²) in [6.45, 7) is 7.98. The van der Waals surface area contributed by atoms with Gasteiger partial charge in [0.2, 0.25) is 0 Å². The molecule has 0 spiro atoms. The SMILES string of the molecule is CC1(C)OB(c2cc(C=O)cc(Cc3ccc(F)cc3)c2)OC1(C)C. The Morgan fingerprint density at radius 2 is 1.56 bits per heavy atom. The number of benzene rings is 2. The van der Waals surface area contributed by atoms with Crippen molar-refractivity contribution in [2.24, 2.45) is 0 Å². The minimum atomic E-state index is -0.517. The first kappa shape index (κ1) is 17.8. The van der Waals surface area contributed by atoms with Crippen molar-refractivity contribution in [1.29, 1.82) is 0 Å². The maximum atomic E-state index is 13.1. The van der Waals surface area contributed by atoms with Gasteiger partial charge in [-0.3, -0.25) is 4.79 Å². The fourth-order valence-corrected chi connectivity index (χ4v) is 2.87. The molecule has 3 rings (SSSR count). The molecule has 25 heavy (non-hydrogen) atoms. The van der Waals surface area contributed by atoms with Gasteiger partial charge < -0.3 is 9.31 Å². The molecule has 0 aromatic heterocycles. The van der Waals surface area contributed by atoms with E-state index < -0.39 is 18.3 Å². The van der Waals surface area contributed by atoms with E-state index in [1.165, 1.54) is 12.1 Å². The fourth-order valence-electron chi connectivity index (χ4n) is 2.87. The number of carbonyl (C=O) groups excluding carboxylic acids is 1. The Kier molecular flexibility index (Phi) is 4.56. The van der Waals surface area contributed by atoms with Crippen LogP contribution >= 0.6 is 0 Å². The molecule has 3 nitrogen and oxygen atoms in total. The number of halogens is 1. The molecule has 0 N–H and O–H groups in total. The standard InChI is InChI=1S/C20H22BFO3/c1-19(2)20(3,4)25-21(24-19)17-11-15(10-16(12-17)13-23)9-14-5-7-18(22)8-6-14/h5-8,10-13H,9H2,1-4H3. The van der Waals surface area contributed by atoms with Crippen LogP contribution in [0.4, 0.5) is 4.39 Å². The Morgan fingerprint density at radius 1 is 0.960 bits per heavy atom. The zero-order valence-electron chi connectivity index (χ0n) is 15.0. The molecule has 0 aliphatic carbocycles. The Morgan fingerprint density at radius 3 is 2.12 bits per heavy atom. The minimum absolute atomic E-state index is 0.261. The molecule has 5 heteroatoms. The van der Waals surface area contributed by atoms with E-state index in [0.29, 0.717) is 12.0 Å². The average molecular weight is 340 g/mol. The summed E-state index contributed by atoms with van der Waals surface area (Å²) in [5.41, 5.74) is 2.45. The van der Waals surface area contributed by atoms with Crippen LogP contribution < -0.4 is 5.46 Å². The van der Waals surface area contributed by atoms with Gasteiger partial charge in [0, 0.05) is 5.56 Å². The summed E-state index contributed by atoms with van der Waals surface area (Å²) in [7, 11) is -0.517. The van der Waals surface area contributed by atoms with Crippen LogP contribution in [0.15, 0.2) is 42.5 Å². The first-order valence-corrected chi connectivity index (χ1v) is 8.39. The topological polar surface area (TPSA) is 35.5 Å². The van der Waals surface area contributed by atoms with E-state index in [1.807, 2.05) is 39.8 Å². The Bertz CT molecular complexity index is 768. The zero-order chi connectivity index (χ0) is 18.2. The molecular formula is C20H22BFO3.